The number of fused-ring (bicyclic) bond motifs is 4. The third-order valence-electron chi connectivity index (χ3n) is 6.36. The maximum absolute atomic E-state index is 15.2. The van der Waals surface area contributed by atoms with Gasteiger partial charge in [0.15, 0.2) is 5.82 Å². The lowest BCUT2D eigenvalue weighted by Gasteiger charge is -2.06. The van der Waals surface area contributed by atoms with Gasteiger partial charge in [-0.05, 0) is 53.1 Å². The van der Waals surface area contributed by atoms with Gasteiger partial charge < -0.3 is 4.42 Å². The van der Waals surface area contributed by atoms with Gasteiger partial charge >= 0.3 is 0 Å². The summed E-state index contributed by atoms with van der Waals surface area (Å²) in [5.41, 5.74) is 5.08. The van der Waals surface area contributed by atoms with Crippen molar-refractivity contribution in [2.45, 2.75) is 6.92 Å². The molecule has 2 heterocycles. The highest BCUT2D eigenvalue weighted by Gasteiger charge is 2.23. The Kier molecular flexibility index (Phi) is 4.31. The highest BCUT2D eigenvalue weighted by atomic mass is 19.1. The second-order valence-electron chi connectivity index (χ2n) is 8.44. The van der Waals surface area contributed by atoms with Crippen molar-refractivity contribution in [2.75, 3.05) is 0 Å². The van der Waals surface area contributed by atoms with Crippen molar-refractivity contribution in [3.8, 4) is 22.4 Å². The third-order valence-corrected chi connectivity index (χ3v) is 6.36. The molecule has 33 heavy (non-hydrogen) atoms. The van der Waals surface area contributed by atoms with E-state index in [0.29, 0.717) is 16.7 Å². The van der Waals surface area contributed by atoms with Gasteiger partial charge in [0.05, 0.1) is 11.1 Å². The maximum Gasteiger partial charge on any atom is 0.216 e. The zero-order valence-corrected chi connectivity index (χ0v) is 18.2. The Morgan fingerprint density at radius 1 is 0.727 bits per heavy atom. The van der Waals surface area contributed by atoms with E-state index in [-0.39, 0.29) is 11.6 Å². The van der Waals surface area contributed by atoms with E-state index < -0.39 is 0 Å². The Bertz CT molecular complexity index is 1710. The summed E-state index contributed by atoms with van der Waals surface area (Å²) in [6.45, 7) is 2.00. The molecule has 0 unspecified atom stereocenters. The molecule has 0 fully saturated rings. The lowest BCUT2D eigenvalue weighted by atomic mass is 9.97. The highest BCUT2D eigenvalue weighted by Crippen LogP contribution is 2.41. The Labute approximate surface area is 189 Å². The molecule has 0 radical (unpaired) electrons. The van der Waals surface area contributed by atoms with E-state index in [4.69, 9.17) is 4.42 Å². The molecule has 0 saturated heterocycles. The van der Waals surface area contributed by atoms with Gasteiger partial charge in [-0.25, -0.2) is 8.78 Å². The SMILES string of the molecule is Cc1ccc2c(oc3c(-c4ccc5ccccc5c4)c(F)ccc32)c1-c1ccc(F)c[n+]1C. The molecular weight excluding hydrogens is 416 g/mol. The zero-order chi connectivity index (χ0) is 22.7. The minimum Gasteiger partial charge on any atom is -0.454 e. The Morgan fingerprint density at radius 3 is 2.24 bits per heavy atom. The predicted octanol–water partition coefficient (Wildman–Crippen LogP) is 7.48. The molecule has 0 atom stereocenters. The fourth-order valence-corrected chi connectivity index (χ4v) is 4.74. The van der Waals surface area contributed by atoms with Gasteiger partial charge in [0.25, 0.3) is 0 Å². The first-order valence-corrected chi connectivity index (χ1v) is 10.8. The number of aryl methyl sites for hydroxylation is 2. The Hall–Kier alpha value is -4.05. The van der Waals surface area contributed by atoms with E-state index in [1.807, 2.05) is 61.5 Å². The van der Waals surface area contributed by atoms with Crippen LogP contribution in [0.4, 0.5) is 8.78 Å². The van der Waals surface area contributed by atoms with Crippen LogP contribution in [0.3, 0.4) is 0 Å². The molecule has 0 aliphatic rings. The molecule has 2 aromatic heterocycles. The standard InChI is InChI=1S/C29H20F2NO/c1-17-7-11-22-23-12-13-24(31)27(20-9-8-18-5-3-4-6-19(18)15-20)29(23)33-28(22)26(17)25-14-10-21(30)16-32(25)2/h3-16H,1-2H3/q+1. The van der Waals surface area contributed by atoms with Crippen LogP contribution in [0.1, 0.15) is 5.56 Å². The van der Waals surface area contributed by atoms with Crippen LogP contribution < -0.4 is 4.57 Å². The summed E-state index contributed by atoms with van der Waals surface area (Å²) < 4.78 is 37.2. The molecule has 4 heteroatoms. The quantitative estimate of drug-likeness (QED) is 0.257. The van der Waals surface area contributed by atoms with E-state index in [2.05, 4.69) is 0 Å². The molecule has 4 aromatic carbocycles. The van der Waals surface area contributed by atoms with Crippen LogP contribution in [0.25, 0.3) is 55.1 Å². The largest absolute Gasteiger partial charge is 0.454 e. The van der Waals surface area contributed by atoms with Crippen molar-refractivity contribution in [3.05, 3.63) is 102 Å². The van der Waals surface area contributed by atoms with Gasteiger partial charge in [-0.2, -0.15) is 4.57 Å². The normalized spacial score (nSPS) is 11.6. The van der Waals surface area contributed by atoms with Gasteiger partial charge in [0, 0.05) is 16.8 Å². The number of furan rings is 1. The van der Waals surface area contributed by atoms with Gasteiger partial charge in [0.1, 0.15) is 24.0 Å². The van der Waals surface area contributed by atoms with Gasteiger partial charge in [0.2, 0.25) is 11.9 Å². The average Bonchev–Trinajstić information content (AvgIpc) is 3.18. The maximum atomic E-state index is 15.2. The van der Waals surface area contributed by atoms with Crippen LogP contribution in [0.15, 0.2) is 89.5 Å². The molecule has 6 aromatic rings. The number of benzene rings is 4. The van der Waals surface area contributed by atoms with Crippen molar-refractivity contribution in [2.24, 2.45) is 7.05 Å². The molecule has 2 nitrogen and oxygen atoms in total. The van der Waals surface area contributed by atoms with Crippen molar-refractivity contribution < 1.29 is 17.8 Å². The molecule has 6 rings (SSSR count). The fraction of sp³-hybridized carbons (Fsp3) is 0.0690. The first-order chi connectivity index (χ1) is 16.0. The molecular formula is C29H20F2NO+. The summed E-state index contributed by atoms with van der Waals surface area (Å²) in [6.07, 6.45) is 1.44. The van der Waals surface area contributed by atoms with Gasteiger partial charge in [-0.15, -0.1) is 0 Å². The molecule has 0 spiro atoms. The van der Waals surface area contributed by atoms with Crippen LogP contribution >= 0.6 is 0 Å². The van der Waals surface area contributed by atoms with Gasteiger partial charge in [-0.3, -0.25) is 0 Å². The number of hydrogen-bond donors (Lipinski definition) is 0. The Balaban J connectivity index is 1.69. The molecule has 0 aliphatic carbocycles. The van der Waals surface area contributed by atoms with Crippen LogP contribution in [-0.2, 0) is 7.05 Å². The molecule has 0 amide bonds. The average molecular weight is 436 g/mol. The van der Waals surface area contributed by atoms with Crippen LogP contribution in [-0.4, -0.2) is 0 Å². The monoisotopic (exact) mass is 436 g/mol. The van der Waals surface area contributed by atoms with E-state index >= 15 is 4.39 Å². The minimum absolute atomic E-state index is 0.309. The highest BCUT2D eigenvalue weighted by molar-refractivity contribution is 6.13. The minimum atomic E-state index is -0.331. The number of aromatic nitrogens is 1. The van der Waals surface area contributed by atoms with E-state index in [0.717, 1.165) is 43.9 Å². The number of rotatable bonds is 2. The third kappa shape index (κ3) is 3.02. The molecule has 0 saturated carbocycles. The van der Waals surface area contributed by atoms with Crippen molar-refractivity contribution >= 4 is 32.7 Å². The number of nitrogens with zero attached hydrogens (tertiary/aromatic N) is 1. The summed E-state index contributed by atoms with van der Waals surface area (Å²) in [6, 6.07) is 24.4. The van der Waals surface area contributed by atoms with E-state index in [1.54, 1.807) is 23.7 Å². The Morgan fingerprint density at radius 2 is 1.45 bits per heavy atom. The van der Waals surface area contributed by atoms with Crippen molar-refractivity contribution in [1.29, 1.82) is 0 Å². The zero-order valence-electron chi connectivity index (χ0n) is 18.2. The van der Waals surface area contributed by atoms with Crippen LogP contribution in [0.2, 0.25) is 0 Å². The molecule has 0 bridgehead atoms. The second-order valence-corrected chi connectivity index (χ2v) is 8.44. The second kappa shape index (κ2) is 7.24. The summed E-state index contributed by atoms with van der Waals surface area (Å²) in [7, 11) is 1.81. The number of hydrogen-bond acceptors (Lipinski definition) is 1. The van der Waals surface area contributed by atoms with E-state index in [1.165, 1.54) is 18.3 Å². The van der Waals surface area contributed by atoms with E-state index in [9.17, 15) is 4.39 Å². The lowest BCUT2D eigenvalue weighted by Crippen LogP contribution is -2.31. The summed E-state index contributed by atoms with van der Waals surface area (Å²) in [5, 5.41) is 3.88. The molecule has 0 aliphatic heterocycles. The first kappa shape index (κ1) is 19.6. The van der Waals surface area contributed by atoms with Crippen LogP contribution in [0.5, 0.6) is 0 Å². The summed E-state index contributed by atoms with van der Waals surface area (Å²) in [5.74, 6) is -0.640. The number of halogens is 2. The topological polar surface area (TPSA) is 17.0 Å². The molecule has 160 valence electrons. The summed E-state index contributed by atoms with van der Waals surface area (Å²) in [4.78, 5) is 0. The number of pyridine rings is 1. The van der Waals surface area contributed by atoms with Crippen LogP contribution in [0, 0.1) is 18.6 Å². The first-order valence-electron chi connectivity index (χ1n) is 10.8. The molecule has 0 N–H and O–H groups in total. The lowest BCUT2D eigenvalue weighted by molar-refractivity contribution is -0.661. The smallest absolute Gasteiger partial charge is 0.216 e. The predicted molar refractivity (Wildman–Crippen MR) is 128 cm³/mol. The van der Waals surface area contributed by atoms with Crippen molar-refractivity contribution in [1.82, 2.24) is 0 Å². The fourth-order valence-electron chi connectivity index (χ4n) is 4.74. The summed E-state index contributed by atoms with van der Waals surface area (Å²) >= 11 is 0. The van der Waals surface area contributed by atoms with Gasteiger partial charge in [-0.1, -0.05) is 48.5 Å². The van der Waals surface area contributed by atoms with Crippen molar-refractivity contribution in [3.63, 3.8) is 0 Å².